The van der Waals surface area contributed by atoms with E-state index in [-0.39, 0.29) is 41.2 Å². The average molecular weight is 692 g/mol. The Kier molecular flexibility index (Phi) is 12.5. The lowest BCUT2D eigenvalue weighted by Gasteiger charge is -2.34. The number of benzene rings is 4. The van der Waals surface area contributed by atoms with Crippen LogP contribution in [-0.4, -0.2) is 58.0 Å². The number of ether oxygens (including phenoxy) is 2. The number of sulfonamides is 1. The Labute approximate surface area is 288 Å². The van der Waals surface area contributed by atoms with Crippen LogP contribution in [0.4, 0.5) is 5.69 Å². The summed E-state index contributed by atoms with van der Waals surface area (Å²) in [7, 11) is -1.49. The van der Waals surface area contributed by atoms with Crippen molar-refractivity contribution in [1.29, 1.82) is 0 Å². The zero-order valence-corrected chi connectivity index (χ0v) is 29.4. The van der Waals surface area contributed by atoms with Crippen LogP contribution >= 0.6 is 11.6 Å². The number of amides is 2. The van der Waals surface area contributed by atoms with E-state index in [1.807, 2.05) is 75.4 Å². The van der Waals surface area contributed by atoms with Gasteiger partial charge in [-0.1, -0.05) is 73.1 Å². The molecule has 254 valence electrons. The van der Waals surface area contributed by atoms with Crippen LogP contribution in [0.2, 0.25) is 5.02 Å². The Morgan fingerprint density at radius 1 is 0.875 bits per heavy atom. The van der Waals surface area contributed by atoms with Gasteiger partial charge in [-0.25, -0.2) is 8.42 Å². The van der Waals surface area contributed by atoms with Gasteiger partial charge in [0, 0.05) is 30.1 Å². The molecule has 0 spiro atoms. The number of carbonyl (C=O) groups is 2. The Balaban J connectivity index is 1.84. The summed E-state index contributed by atoms with van der Waals surface area (Å²) >= 11 is 6.17. The van der Waals surface area contributed by atoms with Gasteiger partial charge in [-0.3, -0.25) is 13.9 Å². The Hall–Kier alpha value is -4.54. The van der Waals surface area contributed by atoms with E-state index in [2.05, 4.69) is 5.32 Å². The van der Waals surface area contributed by atoms with Gasteiger partial charge >= 0.3 is 0 Å². The van der Waals surface area contributed by atoms with Gasteiger partial charge < -0.3 is 19.7 Å². The molecule has 0 saturated heterocycles. The Morgan fingerprint density at radius 2 is 1.52 bits per heavy atom. The van der Waals surface area contributed by atoms with Crippen LogP contribution < -0.4 is 19.1 Å². The van der Waals surface area contributed by atoms with Gasteiger partial charge in [0.1, 0.15) is 12.6 Å². The smallest absolute Gasteiger partial charge is 0.264 e. The minimum absolute atomic E-state index is 0.0851. The van der Waals surface area contributed by atoms with E-state index < -0.39 is 28.5 Å². The first-order valence-electron chi connectivity index (χ1n) is 15.7. The topological polar surface area (TPSA) is 105 Å². The third-order valence-electron chi connectivity index (χ3n) is 8.21. The lowest BCUT2D eigenvalue weighted by atomic mass is 10.0. The fourth-order valence-electron chi connectivity index (χ4n) is 5.21. The second kappa shape index (κ2) is 16.5. The molecule has 4 aromatic rings. The van der Waals surface area contributed by atoms with Gasteiger partial charge in [-0.15, -0.1) is 0 Å². The molecule has 0 aromatic heterocycles. The van der Waals surface area contributed by atoms with E-state index in [1.165, 1.54) is 49.5 Å². The summed E-state index contributed by atoms with van der Waals surface area (Å²) < 4.78 is 40.5. The second-order valence-corrected chi connectivity index (χ2v) is 13.8. The maximum Gasteiger partial charge on any atom is 0.264 e. The quantitative estimate of drug-likeness (QED) is 0.154. The lowest BCUT2D eigenvalue weighted by Crippen LogP contribution is -2.54. The summed E-state index contributed by atoms with van der Waals surface area (Å²) in [5.74, 6) is -0.314. The zero-order valence-electron chi connectivity index (χ0n) is 27.9. The van der Waals surface area contributed by atoms with Gasteiger partial charge in [0.2, 0.25) is 11.8 Å². The van der Waals surface area contributed by atoms with Crippen molar-refractivity contribution in [1.82, 2.24) is 10.2 Å². The summed E-state index contributed by atoms with van der Waals surface area (Å²) in [4.78, 5) is 30.1. The van der Waals surface area contributed by atoms with Crippen molar-refractivity contribution >= 4 is 39.1 Å². The number of nitrogens with one attached hydrogen (secondary N) is 1. The predicted octanol–water partition coefficient (Wildman–Crippen LogP) is 6.42. The molecule has 48 heavy (non-hydrogen) atoms. The van der Waals surface area contributed by atoms with Crippen LogP contribution in [0.25, 0.3) is 0 Å². The Morgan fingerprint density at radius 3 is 2.15 bits per heavy atom. The first-order valence-corrected chi connectivity index (χ1v) is 17.5. The molecule has 0 bridgehead atoms. The first kappa shape index (κ1) is 36.3. The van der Waals surface area contributed by atoms with Gasteiger partial charge in [0.05, 0.1) is 24.8 Å². The fourth-order valence-corrected chi connectivity index (χ4v) is 6.76. The van der Waals surface area contributed by atoms with E-state index >= 15 is 0 Å². The summed E-state index contributed by atoms with van der Waals surface area (Å²) in [5.41, 5.74) is 2.85. The molecule has 0 fully saturated rings. The molecular formula is C37H42ClN3O6S. The summed E-state index contributed by atoms with van der Waals surface area (Å²) in [5, 5.41) is 3.45. The lowest BCUT2D eigenvalue weighted by molar-refractivity contribution is -0.140. The highest BCUT2D eigenvalue weighted by atomic mass is 35.5. The maximum atomic E-state index is 14.7. The molecule has 0 saturated carbocycles. The SMILES string of the molecule is CCC(C)NC(=O)C(Cc1ccccc1)N(Cc1ccccc1C)C(=O)CN(c1ccc(Cl)cc1)S(=O)(=O)c1ccc(OC)c(OC)c1. The molecule has 0 aliphatic rings. The minimum atomic E-state index is -4.36. The molecule has 0 aliphatic carbocycles. The van der Waals surface area contributed by atoms with Crippen LogP contribution in [0.15, 0.2) is 102 Å². The largest absolute Gasteiger partial charge is 0.493 e. The van der Waals surface area contributed by atoms with Crippen molar-refractivity contribution in [3.63, 3.8) is 0 Å². The Bertz CT molecular complexity index is 1800. The normalized spacial score (nSPS) is 12.5. The minimum Gasteiger partial charge on any atom is -0.493 e. The number of rotatable bonds is 15. The molecule has 0 radical (unpaired) electrons. The molecule has 0 aliphatic heterocycles. The van der Waals surface area contributed by atoms with E-state index in [0.29, 0.717) is 17.2 Å². The van der Waals surface area contributed by atoms with Crippen LogP contribution in [-0.2, 0) is 32.6 Å². The number of hydrogen-bond donors (Lipinski definition) is 1. The van der Waals surface area contributed by atoms with Crippen molar-refractivity contribution < 1.29 is 27.5 Å². The van der Waals surface area contributed by atoms with Crippen molar-refractivity contribution in [3.05, 3.63) is 119 Å². The highest BCUT2D eigenvalue weighted by molar-refractivity contribution is 7.92. The van der Waals surface area contributed by atoms with Crippen molar-refractivity contribution in [2.24, 2.45) is 0 Å². The average Bonchev–Trinajstić information content (AvgIpc) is 3.09. The van der Waals surface area contributed by atoms with E-state index in [0.717, 1.165) is 21.0 Å². The van der Waals surface area contributed by atoms with Gasteiger partial charge in [-0.05, 0) is 73.4 Å². The third-order valence-corrected chi connectivity index (χ3v) is 10.2. The monoisotopic (exact) mass is 691 g/mol. The standard InChI is InChI=1S/C37H42ClN3O6S/c1-6-27(3)39-37(43)33(22-28-13-8-7-9-14-28)40(24-29-15-11-10-12-26(29)2)36(42)25-41(31-18-16-30(38)17-19-31)48(44,45)32-20-21-34(46-4)35(23-32)47-5/h7-21,23,27,33H,6,22,24-25H2,1-5H3,(H,39,43). The van der Waals surface area contributed by atoms with Crippen LogP contribution in [0.1, 0.15) is 37.0 Å². The molecular weight excluding hydrogens is 650 g/mol. The van der Waals surface area contributed by atoms with Crippen molar-refractivity contribution in [2.45, 2.75) is 57.1 Å². The third kappa shape index (κ3) is 8.87. The number of hydrogen-bond acceptors (Lipinski definition) is 6. The second-order valence-electron chi connectivity index (χ2n) is 11.5. The van der Waals surface area contributed by atoms with E-state index in [4.69, 9.17) is 21.1 Å². The van der Waals surface area contributed by atoms with Gasteiger partial charge in [0.15, 0.2) is 11.5 Å². The summed E-state index contributed by atoms with van der Waals surface area (Å²) in [6.45, 7) is 5.30. The van der Waals surface area contributed by atoms with E-state index in [9.17, 15) is 18.0 Å². The number of aryl methyl sites for hydroxylation is 1. The highest BCUT2D eigenvalue weighted by Crippen LogP contribution is 2.33. The fraction of sp³-hybridized carbons (Fsp3) is 0.297. The molecule has 2 atom stereocenters. The van der Waals surface area contributed by atoms with Crippen molar-refractivity contribution in [2.75, 3.05) is 25.1 Å². The number of halogens is 1. The van der Waals surface area contributed by atoms with Crippen LogP contribution in [0.5, 0.6) is 11.5 Å². The number of anilines is 1. The molecule has 0 heterocycles. The van der Waals surface area contributed by atoms with E-state index in [1.54, 1.807) is 12.1 Å². The molecule has 11 heteroatoms. The molecule has 1 N–H and O–H groups in total. The predicted molar refractivity (Wildman–Crippen MR) is 189 cm³/mol. The van der Waals surface area contributed by atoms with Crippen molar-refractivity contribution in [3.8, 4) is 11.5 Å². The molecule has 2 amide bonds. The number of nitrogens with zero attached hydrogens (tertiary/aromatic N) is 2. The van der Waals surface area contributed by atoms with Gasteiger partial charge in [0.25, 0.3) is 10.0 Å². The van der Waals surface area contributed by atoms with Gasteiger partial charge in [-0.2, -0.15) is 0 Å². The maximum absolute atomic E-state index is 14.7. The molecule has 2 unspecified atom stereocenters. The molecule has 9 nitrogen and oxygen atoms in total. The first-order chi connectivity index (χ1) is 23.0. The molecule has 4 aromatic carbocycles. The van der Waals surface area contributed by atoms with Crippen LogP contribution in [0, 0.1) is 6.92 Å². The number of carbonyl (C=O) groups excluding carboxylic acids is 2. The van der Waals surface area contributed by atoms with Crippen LogP contribution in [0.3, 0.4) is 0 Å². The number of methoxy groups -OCH3 is 2. The summed E-state index contributed by atoms with van der Waals surface area (Å²) in [6, 6.07) is 26.4. The summed E-state index contributed by atoms with van der Waals surface area (Å²) in [6.07, 6.45) is 0.924. The zero-order chi connectivity index (χ0) is 34.8. The molecule has 4 rings (SSSR count). The highest BCUT2D eigenvalue weighted by Gasteiger charge is 2.35.